The summed E-state index contributed by atoms with van der Waals surface area (Å²) >= 11 is 0. The minimum atomic E-state index is -0.822. The van der Waals surface area contributed by atoms with Gasteiger partial charge < -0.3 is 5.32 Å². The first-order valence-corrected chi connectivity index (χ1v) is 7.90. The van der Waals surface area contributed by atoms with Gasteiger partial charge in [-0.1, -0.05) is 24.6 Å². The van der Waals surface area contributed by atoms with Gasteiger partial charge in [-0.25, -0.2) is 13.5 Å². The van der Waals surface area contributed by atoms with E-state index >= 15 is 0 Å². The molecular formula is C19H17F2N3O. The number of anilines is 1. The van der Waals surface area contributed by atoms with Crippen LogP contribution in [0.3, 0.4) is 0 Å². The number of carbonyl (C=O) groups excluding carboxylic acids is 1. The number of hydrogen-bond acceptors (Lipinski definition) is 2. The molecule has 0 unspecified atom stereocenters. The number of amides is 1. The Labute approximate surface area is 144 Å². The molecular weight excluding hydrogens is 324 g/mol. The molecule has 1 N–H and O–H groups in total. The summed E-state index contributed by atoms with van der Waals surface area (Å²) in [5, 5.41) is 6.76. The fourth-order valence-corrected chi connectivity index (χ4v) is 2.59. The van der Waals surface area contributed by atoms with Crippen molar-refractivity contribution in [2.75, 3.05) is 5.32 Å². The fraction of sp³-hybridized carbons (Fsp3) is 0.158. The van der Waals surface area contributed by atoms with E-state index in [0.29, 0.717) is 17.7 Å². The summed E-state index contributed by atoms with van der Waals surface area (Å²) in [4.78, 5) is 12.5. The number of nitrogens with zero attached hydrogens (tertiary/aromatic N) is 2. The van der Waals surface area contributed by atoms with Crippen LogP contribution in [0.25, 0.3) is 5.69 Å². The van der Waals surface area contributed by atoms with Crippen molar-refractivity contribution >= 4 is 11.6 Å². The quantitative estimate of drug-likeness (QED) is 0.770. The molecule has 3 rings (SSSR count). The van der Waals surface area contributed by atoms with Crippen LogP contribution in [0.2, 0.25) is 0 Å². The molecule has 1 heterocycles. The van der Waals surface area contributed by atoms with Gasteiger partial charge in [-0.2, -0.15) is 5.10 Å². The molecule has 0 radical (unpaired) electrons. The highest BCUT2D eigenvalue weighted by Gasteiger charge is 2.18. The number of rotatable bonds is 4. The highest BCUT2D eigenvalue weighted by atomic mass is 19.1. The van der Waals surface area contributed by atoms with Gasteiger partial charge >= 0.3 is 0 Å². The Balaban J connectivity index is 1.92. The minimum absolute atomic E-state index is 0.0726. The Kier molecular flexibility index (Phi) is 4.61. The van der Waals surface area contributed by atoms with Crippen LogP contribution in [-0.2, 0) is 6.42 Å². The summed E-state index contributed by atoms with van der Waals surface area (Å²) in [6.07, 6.45) is 2.03. The zero-order valence-electron chi connectivity index (χ0n) is 13.9. The second kappa shape index (κ2) is 6.84. The Bertz CT molecular complexity index is 917. The lowest BCUT2D eigenvalue weighted by Crippen LogP contribution is -2.15. The number of aryl methyl sites for hydroxylation is 1. The van der Waals surface area contributed by atoms with Crippen LogP contribution in [0.1, 0.15) is 28.5 Å². The molecule has 0 fully saturated rings. The number of halogens is 2. The van der Waals surface area contributed by atoms with E-state index in [0.717, 1.165) is 23.4 Å². The lowest BCUT2D eigenvalue weighted by molar-refractivity contribution is 0.102. The standard InChI is InChI=1S/C19H17F2N3O/c1-3-18-15(11-22-24(18)14-7-4-12(2)5-8-14)19(25)23-17-9-6-13(20)10-16(17)21/h4-11H,3H2,1-2H3,(H,23,25). The summed E-state index contributed by atoms with van der Waals surface area (Å²) in [6, 6.07) is 10.8. The van der Waals surface area contributed by atoms with Crippen molar-refractivity contribution in [3.8, 4) is 5.69 Å². The summed E-state index contributed by atoms with van der Waals surface area (Å²) in [5.41, 5.74) is 2.96. The first-order chi connectivity index (χ1) is 12.0. The zero-order chi connectivity index (χ0) is 18.0. The Morgan fingerprint density at radius 3 is 2.52 bits per heavy atom. The number of aromatic nitrogens is 2. The monoisotopic (exact) mass is 341 g/mol. The van der Waals surface area contributed by atoms with Crippen LogP contribution in [-0.4, -0.2) is 15.7 Å². The normalized spacial score (nSPS) is 10.7. The van der Waals surface area contributed by atoms with Crippen LogP contribution < -0.4 is 5.32 Å². The first kappa shape index (κ1) is 16.8. The van der Waals surface area contributed by atoms with Crippen molar-refractivity contribution in [1.82, 2.24) is 9.78 Å². The van der Waals surface area contributed by atoms with Gasteiger partial charge in [0.25, 0.3) is 5.91 Å². The van der Waals surface area contributed by atoms with Gasteiger partial charge in [0.2, 0.25) is 0 Å². The molecule has 3 aromatic rings. The number of hydrogen-bond donors (Lipinski definition) is 1. The minimum Gasteiger partial charge on any atom is -0.319 e. The van der Waals surface area contributed by atoms with Crippen molar-refractivity contribution in [2.24, 2.45) is 0 Å². The van der Waals surface area contributed by atoms with Gasteiger partial charge in [0.1, 0.15) is 11.6 Å². The lowest BCUT2D eigenvalue weighted by Gasteiger charge is -2.09. The average molecular weight is 341 g/mol. The van der Waals surface area contributed by atoms with E-state index in [2.05, 4.69) is 10.4 Å². The molecule has 128 valence electrons. The molecule has 0 aliphatic carbocycles. The van der Waals surface area contributed by atoms with Gasteiger partial charge in [-0.05, 0) is 37.6 Å². The van der Waals surface area contributed by atoms with Crippen molar-refractivity contribution in [2.45, 2.75) is 20.3 Å². The third-order valence-electron chi connectivity index (χ3n) is 3.91. The second-order valence-electron chi connectivity index (χ2n) is 5.68. The average Bonchev–Trinajstić information content (AvgIpc) is 3.02. The zero-order valence-corrected chi connectivity index (χ0v) is 13.9. The molecule has 0 aliphatic rings. The van der Waals surface area contributed by atoms with E-state index < -0.39 is 17.5 Å². The molecule has 25 heavy (non-hydrogen) atoms. The highest BCUT2D eigenvalue weighted by Crippen LogP contribution is 2.20. The molecule has 4 nitrogen and oxygen atoms in total. The van der Waals surface area contributed by atoms with Crippen LogP contribution in [0, 0.1) is 18.6 Å². The molecule has 0 saturated carbocycles. The molecule has 1 amide bonds. The molecule has 0 aliphatic heterocycles. The van der Waals surface area contributed by atoms with E-state index in [-0.39, 0.29) is 5.69 Å². The maximum absolute atomic E-state index is 13.7. The third-order valence-corrected chi connectivity index (χ3v) is 3.91. The Morgan fingerprint density at radius 1 is 1.16 bits per heavy atom. The number of carbonyl (C=O) groups is 1. The second-order valence-corrected chi connectivity index (χ2v) is 5.68. The van der Waals surface area contributed by atoms with E-state index in [1.807, 2.05) is 38.1 Å². The fourth-order valence-electron chi connectivity index (χ4n) is 2.59. The van der Waals surface area contributed by atoms with Crippen molar-refractivity contribution in [3.63, 3.8) is 0 Å². The Hall–Kier alpha value is -3.02. The van der Waals surface area contributed by atoms with Gasteiger partial charge in [0.05, 0.1) is 28.8 Å². The first-order valence-electron chi connectivity index (χ1n) is 7.90. The Morgan fingerprint density at radius 2 is 1.88 bits per heavy atom. The topological polar surface area (TPSA) is 46.9 Å². The van der Waals surface area contributed by atoms with Crippen LogP contribution in [0.4, 0.5) is 14.5 Å². The summed E-state index contributed by atoms with van der Waals surface area (Å²) < 4.78 is 28.4. The third kappa shape index (κ3) is 3.42. The van der Waals surface area contributed by atoms with Gasteiger partial charge in [-0.15, -0.1) is 0 Å². The molecule has 0 spiro atoms. The molecule has 0 bridgehead atoms. The SMILES string of the molecule is CCc1c(C(=O)Nc2ccc(F)cc2F)cnn1-c1ccc(C)cc1. The molecule has 1 aromatic heterocycles. The smallest absolute Gasteiger partial charge is 0.259 e. The van der Waals surface area contributed by atoms with Crippen molar-refractivity contribution in [1.29, 1.82) is 0 Å². The van der Waals surface area contributed by atoms with Crippen molar-refractivity contribution in [3.05, 3.63) is 77.1 Å². The largest absolute Gasteiger partial charge is 0.319 e. The van der Waals surface area contributed by atoms with Crippen LogP contribution in [0.15, 0.2) is 48.7 Å². The number of nitrogens with one attached hydrogen (secondary N) is 1. The van der Waals surface area contributed by atoms with E-state index in [9.17, 15) is 13.6 Å². The number of benzene rings is 2. The summed E-state index contributed by atoms with van der Waals surface area (Å²) in [6.45, 7) is 3.90. The highest BCUT2D eigenvalue weighted by molar-refractivity contribution is 6.05. The molecule has 6 heteroatoms. The van der Waals surface area contributed by atoms with E-state index in [1.165, 1.54) is 12.3 Å². The van der Waals surface area contributed by atoms with Crippen LogP contribution >= 0.6 is 0 Å². The predicted molar refractivity (Wildman–Crippen MR) is 92.0 cm³/mol. The van der Waals surface area contributed by atoms with Crippen molar-refractivity contribution < 1.29 is 13.6 Å². The molecule has 0 saturated heterocycles. The van der Waals surface area contributed by atoms with Gasteiger partial charge in [0.15, 0.2) is 0 Å². The summed E-state index contributed by atoms with van der Waals surface area (Å²) in [5.74, 6) is -2.00. The van der Waals surface area contributed by atoms with E-state index in [1.54, 1.807) is 4.68 Å². The maximum atomic E-state index is 13.7. The summed E-state index contributed by atoms with van der Waals surface area (Å²) in [7, 11) is 0. The molecule has 2 aromatic carbocycles. The van der Waals surface area contributed by atoms with Gasteiger partial charge in [0, 0.05) is 6.07 Å². The predicted octanol–water partition coefficient (Wildman–Crippen LogP) is 4.27. The van der Waals surface area contributed by atoms with E-state index in [4.69, 9.17) is 0 Å². The molecule has 0 atom stereocenters. The van der Waals surface area contributed by atoms with Gasteiger partial charge in [-0.3, -0.25) is 4.79 Å². The lowest BCUT2D eigenvalue weighted by atomic mass is 10.1. The maximum Gasteiger partial charge on any atom is 0.259 e. The van der Waals surface area contributed by atoms with Crippen LogP contribution in [0.5, 0.6) is 0 Å².